The molecular weight excluding hydrogens is 566 g/mol. The Morgan fingerprint density at radius 3 is 2.09 bits per heavy atom. The monoisotopic (exact) mass is 601 g/mol. The molecule has 0 fully saturated rings. The van der Waals surface area contributed by atoms with Crippen LogP contribution in [0.5, 0.6) is 17.2 Å². The van der Waals surface area contributed by atoms with E-state index in [4.69, 9.17) is 9.47 Å². The summed E-state index contributed by atoms with van der Waals surface area (Å²) in [4.78, 5) is 28.1. The third-order valence-corrected chi connectivity index (χ3v) is 8.68. The van der Waals surface area contributed by atoms with Crippen LogP contribution < -0.4 is 19.1 Å². The lowest BCUT2D eigenvalue weighted by atomic mass is 10.1. The van der Waals surface area contributed by atoms with Gasteiger partial charge in [0.2, 0.25) is 11.8 Å². The summed E-state index contributed by atoms with van der Waals surface area (Å²) in [6, 6.07) is 28.3. The molecule has 0 radical (unpaired) electrons. The number of nitrogens with one attached hydrogen (secondary N) is 1. The standard InChI is InChI=1S/C33H35N3O6S/c1-24-13-19-31(20-14-24)43(39,40)36(27-15-17-29(18-16-27)42-28-10-6-5-7-11-28)23-32(37)35(25(2)33(38)34-3)22-26-9-8-12-30(21-26)41-4/h5-21,25H,22-23H2,1-4H3,(H,34,38). The van der Waals surface area contributed by atoms with Crippen LogP contribution in [0.3, 0.4) is 0 Å². The normalized spacial score (nSPS) is 11.7. The predicted octanol–water partition coefficient (Wildman–Crippen LogP) is 5.15. The number of aryl methyl sites for hydroxylation is 1. The molecule has 0 spiro atoms. The van der Waals surface area contributed by atoms with E-state index in [2.05, 4.69) is 5.32 Å². The van der Waals surface area contributed by atoms with Gasteiger partial charge in [-0.1, -0.05) is 48.0 Å². The highest BCUT2D eigenvalue weighted by Gasteiger charge is 2.32. The maximum atomic E-state index is 14.0. The number of likely N-dealkylation sites (N-methyl/N-ethyl adjacent to an activating group) is 1. The zero-order valence-corrected chi connectivity index (χ0v) is 25.4. The van der Waals surface area contributed by atoms with Crippen molar-refractivity contribution in [3.05, 3.63) is 114 Å². The Hall–Kier alpha value is -4.83. The highest BCUT2D eigenvalue weighted by molar-refractivity contribution is 7.92. The Labute approximate surface area is 252 Å². The number of ether oxygens (including phenoxy) is 2. The van der Waals surface area contributed by atoms with Gasteiger partial charge in [0.05, 0.1) is 17.7 Å². The van der Waals surface area contributed by atoms with Crippen molar-refractivity contribution >= 4 is 27.5 Å². The second kappa shape index (κ2) is 13.9. The van der Waals surface area contributed by atoms with E-state index in [1.807, 2.05) is 43.3 Å². The van der Waals surface area contributed by atoms with Crippen LogP contribution in [0.1, 0.15) is 18.1 Å². The van der Waals surface area contributed by atoms with Crippen molar-refractivity contribution in [2.24, 2.45) is 0 Å². The Balaban J connectivity index is 1.70. The highest BCUT2D eigenvalue weighted by atomic mass is 32.2. The summed E-state index contributed by atoms with van der Waals surface area (Å²) < 4.78 is 40.3. The third-order valence-electron chi connectivity index (χ3n) is 6.89. The first-order valence-electron chi connectivity index (χ1n) is 13.7. The van der Waals surface area contributed by atoms with Gasteiger partial charge >= 0.3 is 0 Å². The van der Waals surface area contributed by atoms with Gasteiger partial charge in [0.25, 0.3) is 10.0 Å². The number of carbonyl (C=O) groups is 2. The summed E-state index contributed by atoms with van der Waals surface area (Å²) in [6.07, 6.45) is 0. The van der Waals surface area contributed by atoms with Gasteiger partial charge in [-0.2, -0.15) is 0 Å². The maximum absolute atomic E-state index is 14.0. The number of hydrogen-bond donors (Lipinski definition) is 1. The van der Waals surface area contributed by atoms with E-state index in [9.17, 15) is 18.0 Å². The van der Waals surface area contributed by atoms with Gasteiger partial charge in [-0.15, -0.1) is 0 Å². The lowest BCUT2D eigenvalue weighted by molar-refractivity contribution is -0.139. The number of methoxy groups -OCH3 is 1. The largest absolute Gasteiger partial charge is 0.497 e. The number of nitrogens with zero attached hydrogens (tertiary/aromatic N) is 2. The quantitative estimate of drug-likeness (QED) is 0.241. The summed E-state index contributed by atoms with van der Waals surface area (Å²) >= 11 is 0. The average molecular weight is 602 g/mol. The fourth-order valence-electron chi connectivity index (χ4n) is 4.43. The van der Waals surface area contributed by atoms with Gasteiger partial charge in [-0.05, 0) is 80.1 Å². The molecule has 10 heteroatoms. The molecule has 1 N–H and O–H groups in total. The SMILES string of the molecule is CNC(=O)C(C)N(Cc1cccc(OC)c1)C(=O)CN(c1ccc(Oc2ccccc2)cc1)S(=O)(=O)c1ccc(C)cc1. The van der Waals surface area contributed by atoms with E-state index < -0.39 is 28.5 Å². The average Bonchev–Trinajstić information content (AvgIpc) is 3.03. The summed E-state index contributed by atoms with van der Waals surface area (Å²) in [6.45, 7) is 2.98. The van der Waals surface area contributed by atoms with Crippen molar-refractivity contribution in [3.63, 3.8) is 0 Å². The fraction of sp³-hybridized carbons (Fsp3) is 0.212. The van der Waals surface area contributed by atoms with Gasteiger partial charge in [-0.25, -0.2) is 8.42 Å². The van der Waals surface area contributed by atoms with Crippen molar-refractivity contribution < 1.29 is 27.5 Å². The van der Waals surface area contributed by atoms with E-state index in [0.717, 1.165) is 15.4 Å². The molecule has 9 nitrogen and oxygen atoms in total. The van der Waals surface area contributed by atoms with Crippen LogP contribution in [0.4, 0.5) is 5.69 Å². The maximum Gasteiger partial charge on any atom is 0.264 e. The van der Waals surface area contributed by atoms with Crippen molar-refractivity contribution in [2.45, 2.75) is 31.3 Å². The molecule has 0 aliphatic carbocycles. The van der Waals surface area contributed by atoms with Gasteiger partial charge in [-0.3, -0.25) is 13.9 Å². The minimum Gasteiger partial charge on any atom is -0.497 e. The molecule has 224 valence electrons. The predicted molar refractivity (Wildman–Crippen MR) is 166 cm³/mol. The Morgan fingerprint density at radius 2 is 1.47 bits per heavy atom. The zero-order chi connectivity index (χ0) is 31.0. The van der Waals surface area contributed by atoms with Gasteiger partial charge in [0.1, 0.15) is 29.8 Å². The molecular formula is C33H35N3O6S. The zero-order valence-electron chi connectivity index (χ0n) is 24.6. The van der Waals surface area contributed by atoms with Crippen molar-refractivity contribution in [1.82, 2.24) is 10.2 Å². The number of anilines is 1. The Bertz CT molecular complexity index is 1640. The first-order valence-corrected chi connectivity index (χ1v) is 15.1. The van der Waals surface area contributed by atoms with Crippen molar-refractivity contribution in [2.75, 3.05) is 25.0 Å². The van der Waals surface area contributed by atoms with Crippen LogP contribution in [0.25, 0.3) is 0 Å². The van der Waals surface area contributed by atoms with Crippen LogP contribution in [-0.4, -0.2) is 51.9 Å². The number of sulfonamides is 1. The van der Waals surface area contributed by atoms with E-state index in [1.54, 1.807) is 68.6 Å². The minimum absolute atomic E-state index is 0.0363. The molecule has 0 bridgehead atoms. The lowest BCUT2D eigenvalue weighted by Gasteiger charge is -2.32. The first kappa shape index (κ1) is 31.1. The number of benzene rings is 4. The minimum atomic E-state index is -4.18. The number of carbonyl (C=O) groups excluding carboxylic acids is 2. The van der Waals surface area contributed by atoms with Gasteiger partial charge in [0, 0.05) is 13.6 Å². The Morgan fingerprint density at radius 1 is 0.837 bits per heavy atom. The van der Waals surface area contributed by atoms with Crippen LogP contribution >= 0.6 is 0 Å². The van der Waals surface area contributed by atoms with E-state index in [-0.39, 0.29) is 23.0 Å². The topological polar surface area (TPSA) is 105 Å². The highest BCUT2D eigenvalue weighted by Crippen LogP contribution is 2.29. The van der Waals surface area contributed by atoms with Crippen LogP contribution in [0.15, 0.2) is 108 Å². The van der Waals surface area contributed by atoms with Crippen LogP contribution in [0, 0.1) is 6.92 Å². The molecule has 4 aromatic rings. The molecule has 4 aromatic carbocycles. The number of hydrogen-bond acceptors (Lipinski definition) is 6. The summed E-state index contributed by atoms with van der Waals surface area (Å²) in [5.41, 5.74) is 1.88. The smallest absolute Gasteiger partial charge is 0.264 e. The molecule has 0 aromatic heterocycles. The molecule has 1 atom stereocenters. The molecule has 2 amide bonds. The molecule has 0 saturated carbocycles. The Kier molecular flexibility index (Phi) is 10.0. The lowest BCUT2D eigenvalue weighted by Crippen LogP contribution is -2.50. The van der Waals surface area contributed by atoms with Gasteiger partial charge in [0.15, 0.2) is 0 Å². The van der Waals surface area contributed by atoms with Crippen LogP contribution in [0.2, 0.25) is 0 Å². The van der Waals surface area contributed by atoms with Crippen LogP contribution in [-0.2, 0) is 26.2 Å². The van der Waals surface area contributed by atoms with Gasteiger partial charge < -0.3 is 19.7 Å². The number of amides is 2. The van der Waals surface area contributed by atoms with E-state index in [1.165, 1.54) is 24.1 Å². The molecule has 0 heterocycles. The first-order chi connectivity index (χ1) is 20.6. The molecule has 0 aliphatic heterocycles. The van der Waals surface area contributed by atoms with E-state index >= 15 is 0 Å². The third kappa shape index (κ3) is 7.72. The van der Waals surface area contributed by atoms with E-state index in [0.29, 0.717) is 17.2 Å². The summed E-state index contributed by atoms with van der Waals surface area (Å²) in [5, 5.41) is 2.58. The number of rotatable bonds is 12. The summed E-state index contributed by atoms with van der Waals surface area (Å²) in [5.74, 6) is 0.789. The number of para-hydroxylation sites is 1. The molecule has 4 rings (SSSR count). The van der Waals surface area contributed by atoms with Crippen molar-refractivity contribution in [3.8, 4) is 17.2 Å². The molecule has 0 aliphatic rings. The molecule has 1 unspecified atom stereocenters. The van der Waals surface area contributed by atoms with Crippen molar-refractivity contribution in [1.29, 1.82) is 0 Å². The summed E-state index contributed by atoms with van der Waals surface area (Å²) in [7, 11) is -1.15. The molecule has 43 heavy (non-hydrogen) atoms. The molecule has 0 saturated heterocycles. The second-order valence-electron chi connectivity index (χ2n) is 9.90. The fourth-order valence-corrected chi connectivity index (χ4v) is 5.84. The second-order valence-corrected chi connectivity index (χ2v) is 11.8.